The molecule has 0 saturated carbocycles. The van der Waals surface area contributed by atoms with Gasteiger partial charge in [-0.1, -0.05) is 24.2 Å². The second kappa shape index (κ2) is 11.7. The predicted octanol–water partition coefficient (Wildman–Crippen LogP) is 3.25. The van der Waals surface area contributed by atoms with E-state index < -0.39 is 0 Å². The van der Waals surface area contributed by atoms with E-state index in [0.717, 1.165) is 31.2 Å². The van der Waals surface area contributed by atoms with Gasteiger partial charge in [-0.3, -0.25) is 0 Å². The average Bonchev–Trinajstić information content (AvgIpc) is 3.05. The number of halogens is 1. The summed E-state index contributed by atoms with van der Waals surface area (Å²) in [5.41, 5.74) is 1.30. The van der Waals surface area contributed by atoms with Crippen LogP contribution in [0, 0.1) is 6.92 Å². The molecule has 0 saturated heterocycles. The summed E-state index contributed by atoms with van der Waals surface area (Å²) in [5, 5.41) is 10.4. The second-order valence-corrected chi connectivity index (χ2v) is 5.81. The minimum Gasteiger partial charge on any atom is -0.497 e. The summed E-state index contributed by atoms with van der Waals surface area (Å²) in [6, 6.07) is 8.22. The molecule has 0 aliphatic carbocycles. The molecule has 7 nitrogen and oxygen atoms in total. The fraction of sp³-hybridized carbons (Fsp3) is 0.500. The van der Waals surface area contributed by atoms with Crippen molar-refractivity contribution in [2.24, 2.45) is 4.99 Å². The molecule has 0 fully saturated rings. The number of ether oxygens (including phenoxy) is 1. The number of hydrogen-bond acceptors (Lipinski definition) is 5. The number of rotatable bonds is 8. The van der Waals surface area contributed by atoms with Crippen LogP contribution in [0.3, 0.4) is 0 Å². The highest BCUT2D eigenvalue weighted by Gasteiger charge is 2.07. The van der Waals surface area contributed by atoms with Crippen LogP contribution < -0.4 is 15.4 Å². The Kier molecular flexibility index (Phi) is 10.0. The van der Waals surface area contributed by atoms with Crippen LogP contribution in [0.2, 0.25) is 0 Å². The Bertz CT molecular complexity index is 672. The first-order chi connectivity index (χ1) is 12.1. The number of methoxy groups -OCH3 is 1. The SMILES string of the molecule is CCNC(=NCc1noc(C)n1)NCCC(C)c1ccc(OC)cc1.I. The summed E-state index contributed by atoms with van der Waals surface area (Å²) in [4.78, 5) is 8.64. The van der Waals surface area contributed by atoms with Crippen molar-refractivity contribution in [2.45, 2.75) is 39.7 Å². The number of aromatic nitrogens is 2. The fourth-order valence-corrected chi connectivity index (χ4v) is 2.40. The quantitative estimate of drug-likeness (QED) is 0.348. The van der Waals surface area contributed by atoms with Crippen LogP contribution in [0.4, 0.5) is 0 Å². The average molecular weight is 473 g/mol. The van der Waals surface area contributed by atoms with Gasteiger partial charge in [-0.25, -0.2) is 4.99 Å². The number of benzene rings is 1. The maximum absolute atomic E-state index is 5.20. The van der Waals surface area contributed by atoms with Crippen molar-refractivity contribution < 1.29 is 9.26 Å². The van der Waals surface area contributed by atoms with E-state index >= 15 is 0 Å². The summed E-state index contributed by atoms with van der Waals surface area (Å²) in [6.45, 7) is 8.03. The first kappa shape index (κ1) is 22.2. The lowest BCUT2D eigenvalue weighted by Crippen LogP contribution is -2.38. The normalized spacial score (nSPS) is 12.2. The standard InChI is InChI=1S/C18H27N5O2.HI/c1-5-19-18(21-12-17-22-14(3)25-23-17)20-11-10-13(2)15-6-8-16(24-4)9-7-15;/h6-9,13H,5,10-12H2,1-4H3,(H2,19,20,21);1H. The van der Waals surface area contributed by atoms with Crippen molar-refractivity contribution in [3.8, 4) is 5.75 Å². The van der Waals surface area contributed by atoms with Crippen LogP contribution in [0.15, 0.2) is 33.8 Å². The summed E-state index contributed by atoms with van der Waals surface area (Å²) in [6.07, 6.45) is 0.998. The first-order valence-electron chi connectivity index (χ1n) is 8.57. The highest BCUT2D eigenvalue weighted by molar-refractivity contribution is 14.0. The molecule has 0 radical (unpaired) electrons. The molecule has 144 valence electrons. The molecule has 1 atom stereocenters. The monoisotopic (exact) mass is 473 g/mol. The lowest BCUT2D eigenvalue weighted by Gasteiger charge is -2.15. The summed E-state index contributed by atoms with van der Waals surface area (Å²) in [5.74, 6) is 3.22. The van der Waals surface area contributed by atoms with Gasteiger partial charge >= 0.3 is 0 Å². The topological polar surface area (TPSA) is 84.6 Å². The summed E-state index contributed by atoms with van der Waals surface area (Å²) >= 11 is 0. The van der Waals surface area contributed by atoms with Crippen molar-refractivity contribution >= 4 is 29.9 Å². The van der Waals surface area contributed by atoms with Gasteiger partial charge in [0.2, 0.25) is 5.89 Å². The van der Waals surface area contributed by atoms with E-state index in [4.69, 9.17) is 9.26 Å². The predicted molar refractivity (Wildman–Crippen MR) is 113 cm³/mol. The molecule has 0 bridgehead atoms. The molecule has 2 rings (SSSR count). The van der Waals surface area contributed by atoms with Crippen LogP contribution in [0.25, 0.3) is 0 Å². The largest absolute Gasteiger partial charge is 0.497 e. The Morgan fingerprint density at radius 1 is 1.27 bits per heavy atom. The molecule has 26 heavy (non-hydrogen) atoms. The van der Waals surface area contributed by atoms with E-state index in [0.29, 0.717) is 24.2 Å². The third kappa shape index (κ3) is 7.19. The van der Waals surface area contributed by atoms with Gasteiger partial charge in [0.25, 0.3) is 0 Å². The van der Waals surface area contributed by atoms with Gasteiger partial charge in [-0.15, -0.1) is 24.0 Å². The Hall–Kier alpha value is -1.84. The zero-order valence-corrected chi connectivity index (χ0v) is 18.1. The van der Waals surface area contributed by atoms with E-state index in [9.17, 15) is 0 Å². The molecule has 0 spiro atoms. The van der Waals surface area contributed by atoms with Crippen molar-refractivity contribution in [3.63, 3.8) is 0 Å². The Morgan fingerprint density at radius 2 is 2.00 bits per heavy atom. The van der Waals surface area contributed by atoms with E-state index in [2.05, 4.69) is 44.8 Å². The van der Waals surface area contributed by atoms with Crippen LogP contribution >= 0.6 is 24.0 Å². The molecular weight excluding hydrogens is 445 g/mol. The Morgan fingerprint density at radius 3 is 2.58 bits per heavy atom. The third-order valence-electron chi connectivity index (χ3n) is 3.85. The lowest BCUT2D eigenvalue weighted by atomic mass is 9.98. The van der Waals surface area contributed by atoms with Gasteiger partial charge < -0.3 is 19.9 Å². The first-order valence-corrected chi connectivity index (χ1v) is 8.57. The van der Waals surface area contributed by atoms with E-state index in [-0.39, 0.29) is 24.0 Å². The van der Waals surface area contributed by atoms with Gasteiger partial charge in [-0.05, 0) is 37.0 Å². The minimum absolute atomic E-state index is 0. The Balaban J connectivity index is 0.00000338. The van der Waals surface area contributed by atoms with E-state index in [1.54, 1.807) is 14.0 Å². The molecule has 0 aliphatic heterocycles. The molecule has 2 aromatic rings. The molecule has 1 aromatic carbocycles. The highest BCUT2D eigenvalue weighted by Crippen LogP contribution is 2.21. The number of nitrogens with zero attached hydrogens (tertiary/aromatic N) is 3. The van der Waals surface area contributed by atoms with Gasteiger partial charge in [0.1, 0.15) is 12.3 Å². The van der Waals surface area contributed by atoms with Gasteiger partial charge in [0.15, 0.2) is 11.8 Å². The number of aliphatic imine (C=N–C) groups is 1. The van der Waals surface area contributed by atoms with Gasteiger partial charge in [0.05, 0.1) is 7.11 Å². The van der Waals surface area contributed by atoms with Crippen molar-refractivity contribution in [2.75, 3.05) is 20.2 Å². The summed E-state index contributed by atoms with van der Waals surface area (Å²) < 4.78 is 10.2. The van der Waals surface area contributed by atoms with Crippen molar-refractivity contribution in [1.29, 1.82) is 0 Å². The number of guanidine groups is 1. The van der Waals surface area contributed by atoms with Crippen LogP contribution in [0.5, 0.6) is 5.75 Å². The number of hydrogen-bond donors (Lipinski definition) is 2. The van der Waals surface area contributed by atoms with Gasteiger partial charge in [0, 0.05) is 20.0 Å². The maximum Gasteiger partial charge on any atom is 0.223 e. The molecule has 8 heteroatoms. The van der Waals surface area contributed by atoms with E-state index in [1.165, 1.54) is 5.56 Å². The third-order valence-corrected chi connectivity index (χ3v) is 3.85. The highest BCUT2D eigenvalue weighted by atomic mass is 127. The number of nitrogens with one attached hydrogen (secondary N) is 2. The molecule has 2 N–H and O–H groups in total. The molecule has 0 aliphatic rings. The zero-order chi connectivity index (χ0) is 18.1. The van der Waals surface area contributed by atoms with Crippen LogP contribution in [0.1, 0.15) is 43.5 Å². The molecular formula is C18H28IN5O2. The zero-order valence-electron chi connectivity index (χ0n) is 15.8. The lowest BCUT2D eigenvalue weighted by molar-refractivity contribution is 0.387. The maximum atomic E-state index is 5.20. The molecule has 1 heterocycles. The van der Waals surface area contributed by atoms with Crippen LogP contribution in [-0.4, -0.2) is 36.3 Å². The second-order valence-electron chi connectivity index (χ2n) is 5.81. The molecule has 1 aromatic heterocycles. The van der Waals surface area contributed by atoms with Gasteiger partial charge in [-0.2, -0.15) is 4.98 Å². The smallest absolute Gasteiger partial charge is 0.223 e. The minimum atomic E-state index is 0. The van der Waals surface area contributed by atoms with Crippen molar-refractivity contribution in [3.05, 3.63) is 41.5 Å². The fourth-order valence-electron chi connectivity index (χ4n) is 2.40. The molecule has 0 amide bonds. The van der Waals surface area contributed by atoms with Crippen molar-refractivity contribution in [1.82, 2.24) is 20.8 Å². The Labute approximate surface area is 172 Å². The van der Waals surface area contributed by atoms with E-state index in [1.807, 2.05) is 19.1 Å². The number of aryl methyl sites for hydroxylation is 1. The van der Waals surface area contributed by atoms with Crippen LogP contribution in [-0.2, 0) is 6.54 Å². The molecule has 1 unspecified atom stereocenters. The summed E-state index contributed by atoms with van der Waals surface area (Å²) in [7, 11) is 1.68.